The van der Waals surface area contributed by atoms with Crippen LogP contribution in [0.4, 0.5) is 0 Å². The molecule has 25 heavy (non-hydrogen) atoms. The lowest BCUT2D eigenvalue weighted by atomic mass is 10.2. The zero-order valence-corrected chi connectivity index (χ0v) is 15.7. The molecule has 0 amide bonds. The van der Waals surface area contributed by atoms with Crippen LogP contribution < -0.4 is 11.2 Å². The van der Waals surface area contributed by atoms with Crippen molar-refractivity contribution in [1.29, 1.82) is 0 Å². The van der Waals surface area contributed by atoms with E-state index in [1.807, 2.05) is 18.2 Å². The van der Waals surface area contributed by atoms with Gasteiger partial charge in [0.1, 0.15) is 0 Å². The molecule has 0 fully saturated rings. The number of fused-ring (bicyclic) bond motifs is 3. The first kappa shape index (κ1) is 17.5. The Morgan fingerprint density at radius 1 is 1.20 bits per heavy atom. The molecule has 0 unspecified atom stereocenters. The number of ether oxygens (including phenoxy) is 1. The molecule has 136 valence electrons. The van der Waals surface area contributed by atoms with Gasteiger partial charge >= 0.3 is 5.69 Å². The van der Waals surface area contributed by atoms with E-state index in [0.717, 1.165) is 17.8 Å². The zero-order chi connectivity index (χ0) is 18.5. The van der Waals surface area contributed by atoms with Crippen LogP contribution >= 0.6 is 0 Å². The molecule has 3 aromatic heterocycles. The van der Waals surface area contributed by atoms with E-state index in [1.165, 1.54) is 9.13 Å². The van der Waals surface area contributed by atoms with Gasteiger partial charge in [-0.3, -0.25) is 18.3 Å². The highest BCUT2D eigenvalue weighted by molar-refractivity contribution is 5.76. The Morgan fingerprint density at radius 2 is 1.88 bits per heavy atom. The fraction of sp³-hybridized carbons (Fsp3) is 0.588. The summed E-state index contributed by atoms with van der Waals surface area (Å²) in [6.45, 7) is 8.78. The van der Waals surface area contributed by atoms with Crippen molar-refractivity contribution in [3.63, 3.8) is 0 Å². The van der Waals surface area contributed by atoms with Crippen molar-refractivity contribution in [2.75, 3.05) is 13.7 Å². The minimum absolute atomic E-state index is 0.218. The van der Waals surface area contributed by atoms with Crippen LogP contribution in [-0.2, 0) is 18.3 Å². The number of rotatable bonds is 5. The highest BCUT2D eigenvalue weighted by atomic mass is 16.5. The number of aryl methyl sites for hydroxylation is 2. The maximum Gasteiger partial charge on any atom is 0.332 e. The summed E-state index contributed by atoms with van der Waals surface area (Å²) in [4.78, 5) is 30.2. The normalized spacial score (nSPS) is 13.2. The minimum Gasteiger partial charge on any atom is -0.383 e. The van der Waals surface area contributed by atoms with Crippen LogP contribution in [-0.4, -0.2) is 36.8 Å². The fourth-order valence-electron chi connectivity index (χ4n) is 3.36. The average Bonchev–Trinajstić information content (AvgIpc) is 3.09. The van der Waals surface area contributed by atoms with Gasteiger partial charge in [0, 0.05) is 31.6 Å². The van der Waals surface area contributed by atoms with Crippen molar-refractivity contribution in [3.8, 4) is 0 Å². The maximum absolute atomic E-state index is 13.0. The Balaban J connectivity index is 2.49. The SMILES string of the molecule is CC[C@H](C)n1c(C)c(C)n2c3c(=O)n(CCOC)c(=O)n(C)c3nc12. The molecule has 0 aliphatic carbocycles. The summed E-state index contributed by atoms with van der Waals surface area (Å²) in [7, 11) is 3.19. The summed E-state index contributed by atoms with van der Waals surface area (Å²) in [5.41, 5.74) is 2.20. The highest BCUT2D eigenvalue weighted by Crippen LogP contribution is 2.25. The van der Waals surface area contributed by atoms with Crippen molar-refractivity contribution in [1.82, 2.24) is 23.1 Å². The molecule has 0 saturated carbocycles. The van der Waals surface area contributed by atoms with Gasteiger partial charge in [-0.2, -0.15) is 4.98 Å². The molecule has 3 aromatic rings. The second-order valence-corrected chi connectivity index (χ2v) is 6.51. The Hall–Kier alpha value is -2.35. The molecule has 0 aromatic carbocycles. The molecule has 0 spiro atoms. The third-order valence-corrected chi connectivity index (χ3v) is 5.11. The van der Waals surface area contributed by atoms with Crippen LogP contribution in [0.15, 0.2) is 9.59 Å². The van der Waals surface area contributed by atoms with Crippen LogP contribution in [0.25, 0.3) is 16.9 Å². The molecule has 0 radical (unpaired) electrons. The minimum atomic E-state index is -0.375. The van der Waals surface area contributed by atoms with Gasteiger partial charge in [0.2, 0.25) is 5.78 Å². The van der Waals surface area contributed by atoms with Crippen LogP contribution in [0.1, 0.15) is 37.7 Å². The van der Waals surface area contributed by atoms with E-state index in [2.05, 4.69) is 23.4 Å². The third kappa shape index (κ3) is 2.35. The van der Waals surface area contributed by atoms with Gasteiger partial charge in [-0.25, -0.2) is 4.79 Å². The number of methoxy groups -OCH3 is 1. The average molecular weight is 347 g/mol. The number of aromatic nitrogens is 5. The van der Waals surface area contributed by atoms with Gasteiger partial charge in [-0.1, -0.05) is 6.92 Å². The molecular weight excluding hydrogens is 322 g/mol. The van der Waals surface area contributed by atoms with E-state index in [-0.39, 0.29) is 23.8 Å². The standard InChI is InChI=1S/C17H25N5O3/c1-7-10(2)21-11(3)12(4)22-13-14(18-16(21)22)19(5)17(24)20(15(13)23)8-9-25-6/h10H,7-9H2,1-6H3/t10-/m0/s1. The molecule has 0 aliphatic heterocycles. The van der Waals surface area contributed by atoms with Gasteiger partial charge in [-0.05, 0) is 27.2 Å². The lowest BCUT2D eigenvalue weighted by Crippen LogP contribution is -2.40. The smallest absolute Gasteiger partial charge is 0.332 e. The van der Waals surface area contributed by atoms with Gasteiger partial charge < -0.3 is 9.30 Å². The molecule has 1 atom stereocenters. The van der Waals surface area contributed by atoms with E-state index in [9.17, 15) is 9.59 Å². The van der Waals surface area contributed by atoms with E-state index in [1.54, 1.807) is 14.2 Å². The first-order valence-electron chi connectivity index (χ1n) is 8.53. The summed E-state index contributed by atoms with van der Waals surface area (Å²) in [6.07, 6.45) is 0.949. The van der Waals surface area contributed by atoms with Gasteiger partial charge in [0.15, 0.2) is 11.2 Å². The fourth-order valence-corrected chi connectivity index (χ4v) is 3.36. The van der Waals surface area contributed by atoms with Crippen LogP contribution in [0.2, 0.25) is 0 Å². The molecule has 8 nitrogen and oxygen atoms in total. The predicted molar refractivity (Wildman–Crippen MR) is 96.5 cm³/mol. The lowest BCUT2D eigenvalue weighted by Gasteiger charge is -2.13. The highest BCUT2D eigenvalue weighted by Gasteiger charge is 2.23. The van der Waals surface area contributed by atoms with Crippen LogP contribution in [0, 0.1) is 13.8 Å². The van der Waals surface area contributed by atoms with Crippen LogP contribution in [0.5, 0.6) is 0 Å². The molecule has 0 saturated heterocycles. The second kappa shape index (κ2) is 6.18. The molecule has 0 bridgehead atoms. The molecule has 0 aliphatic rings. The molecule has 3 heterocycles. The number of nitrogens with zero attached hydrogens (tertiary/aromatic N) is 5. The monoisotopic (exact) mass is 347 g/mol. The first-order valence-corrected chi connectivity index (χ1v) is 8.53. The van der Waals surface area contributed by atoms with E-state index < -0.39 is 0 Å². The molecule has 3 rings (SSSR count). The van der Waals surface area contributed by atoms with Crippen LogP contribution in [0.3, 0.4) is 0 Å². The number of imidazole rings is 2. The van der Waals surface area contributed by atoms with E-state index in [4.69, 9.17) is 4.74 Å². The second-order valence-electron chi connectivity index (χ2n) is 6.51. The van der Waals surface area contributed by atoms with E-state index in [0.29, 0.717) is 23.5 Å². The summed E-state index contributed by atoms with van der Waals surface area (Å²) in [5, 5.41) is 0. The van der Waals surface area contributed by atoms with Crippen molar-refractivity contribution in [2.24, 2.45) is 7.05 Å². The summed E-state index contributed by atoms with van der Waals surface area (Å²) in [6, 6.07) is 0.251. The van der Waals surface area contributed by atoms with Crippen molar-refractivity contribution >= 4 is 16.9 Å². The van der Waals surface area contributed by atoms with Crippen molar-refractivity contribution in [3.05, 3.63) is 32.2 Å². The third-order valence-electron chi connectivity index (χ3n) is 5.11. The summed E-state index contributed by atoms with van der Waals surface area (Å²) < 4.78 is 11.7. The first-order chi connectivity index (χ1) is 11.8. The maximum atomic E-state index is 13.0. The molecule has 0 N–H and O–H groups in total. The van der Waals surface area contributed by atoms with Crippen molar-refractivity contribution in [2.45, 2.75) is 46.7 Å². The van der Waals surface area contributed by atoms with Gasteiger partial charge in [0.25, 0.3) is 5.56 Å². The summed E-state index contributed by atoms with van der Waals surface area (Å²) in [5.74, 6) is 0.705. The topological polar surface area (TPSA) is 75.5 Å². The number of hydrogen-bond donors (Lipinski definition) is 0. The largest absolute Gasteiger partial charge is 0.383 e. The predicted octanol–water partition coefficient (Wildman–Crippen LogP) is 1.38. The lowest BCUT2D eigenvalue weighted by molar-refractivity contribution is 0.184. The quantitative estimate of drug-likeness (QED) is 0.699. The Kier molecular flexibility index (Phi) is 4.32. The zero-order valence-electron chi connectivity index (χ0n) is 15.7. The van der Waals surface area contributed by atoms with E-state index >= 15 is 0 Å². The number of hydrogen-bond acceptors (Lipinski definition) is 4. The molecule has 8 heteroatoms. The summed E-state index contributed by atoms with van der Waals surface area (Å²) >= 11 is 0. The Bertz CT molecular complexity index is 1070. The van der Waals surface area contributed by atoms with Gasteiger partial charge in [0.05, 0.1) is 13.2 Å². The van der Waals surface area contributed by atoms with Crippen molar-refractivity contribution < 1.29 is 4.74 Å². The Labute approximate surface area is 145 Å². The molecular formula is C17H25N5O3. The van der Waals surface area contributed by atoms with Gasteiger partial charge in [-0.15, -0.1) is 0 Å². The Morgan fingerprint density at radius 3 is 2.48 bits per heavy atom.